The molecule has 2 heterocycles. The summed E-state index contributed by atoms with van der Waals surface area (Å²) in [5, 5.41) is 3.37. The molecule has 1 atom stereocenters. The number of hydrogen-bond donors (Lipinski definition) is 1. The average Bonchev–Trinajstić information content (AvgIpc) is 2.78. The molecule has 1 aromatic carbocycles. The van der Waals surface area contributed by atoms with Crippen LogP contribution in [0, 0.1) is 6.92 Å². The summed E-state index contributed by atoms with van der Waals surface area (Å²) in [6, 6.07) is 6.41. The molecule has 0 bridgehead atoms. The van der Waals surface area contributed by atoms with Gasteiger partial charge in [-0.15, -0.1) is 0 Å². The molecule has 9 nitrogen and oxygen atoms in total. The Morgan fingerprint density at radius 1 is 1.21 bits per heavy atom. The van der Waals surface area contributed by atoms with Crippen LogP contribution in [-0.4, -0.2) is 70.0 Å². The molecule has 1 aromatic heterocycles. The molecule has 1 unspecified atom stereocenters. The van der Waals surface area contributed by atoms with E-state index in [0.717, 1.165) is 6.42 Å². The van der Waals surface area contributed by atoms with Crippen LogP contribution in [0.25, 0.3) is 0 Å². The predicted molar refractivity (Wildman–Crippen MR) is 129 cm³/mol. The number of amides is 3. The summed E-state index contributed by atoms with van der Waals surface area (Å²) in [7, 11) is 0. The van der Waals surface area contributed by atoms with Crippen LogP contribution < -0.4 is 5.32 Å². The van der Waals surface area contributed by atoms with Gasteiger partial charge >= 0.3 is 12.0 Å². The molecule has 1 fully saturated rings. The molecule has 1 aliphatic heterocycles. The fraction of sp³-hybridized carbons (Fsp3) is 0.458. The van der Waals surface area contributed by atoms with Crippen LogP contribution >= 0.6 is 11.6 Å². The SMILES string of the molecule is CCCc1nc(C)nc(C(=O)N2CCN(C(=O)Nc3cccc(Cl)c3)C(C)C2)c1C(=O)OCC. The van der Waals surface area contributed by atoms with E-state index in [1.165, 1.54) is 0 Å². The van der Waals surface area contributed by atoms with E-state index in [-0.39, 0.29) is 35.8 Å². The molecular weight excluding hydrogens is 458 g/mol. The number of aromatic nitrogens is 2. The Morgan fingerprint density at radius 3 is 2.62 bits per heavy atom. The van der Waals surface area contributed by atoms with Gasteiger partial charge < -0.3 is 19.9 Å². The summed E-state index contributed by atoms with van der Waals surface area (Å²) < 4.78 is 5.21. The minimum atomic E-state index is -0.595. The van der Waals surface area contributed by atoms with E-state index in [9.17, 15) is 14.4 Å². The molecule has 0 radical (unpaired) electrons. The number of urea groups is 1. The van der Waals surface area contributed by atoms with Crippen LogP contribution in [0.3, 0.4) is 0 Å². The zero-order chi connectivity index (χ0) is 24.8. The van der Waals surface area contributed by atoms with Gasteiger partial charge in [0.2, 0.25) is 0 Å². The second-order valence-electron chi connectivity index (χ2n) is 8.15. The lowest BCUT2D eigenvalue weighted by Gasteiger charge is -2.39. The zero-order valence-corrected chi connectivity index (χ0v) is 20.7. The number of esters is 1. The second-order valence-corrected chi connectivity index (χ2v) is 8.58. The highest BCUT2D eigenvalue weighted by Gasteiger charge is 2.34. The molecule has 1 aliphatic rings. The fourth-order valence-corrected chi connectivity index (χ4v) is 4.17. The van der Waals surface area contributed by atoms with Crippen LogP contribution in [0.2, 0.25) is 5.02 Å². The van der Waals surface area contributed by atoms with Gasteiger partial charge in [-0.2, -0.15) is 0 Å². The van der Waals surface area contributed by atoms with Crippen molar-refractivity contribution in [2.24, 2.45) is 0 Å². The van der Waals surface area contributed by atoms with E-state index < -0.39 is 5.97 Å². The van der Waals surface area contributed by atoms with Crippen molar-refractivity contribution in [1.29, 1.82) is 0 Å². The summed E-state index contributed by atoms with van der Waals surface area (Å²) in [6.45, 7) is 8.38. The molecule has 1 N–H and O–H groups in total. The normalized spacial score (nSPS) is 15.7. The molecular formula is C24H30ClN5O4. The molecule has 3 rings (SSSR count). The lowest BCUT2D eigenvalue weighted by atomic mass is 10.1. The summed E-state index contributed by atoms with van der Waals surface area (Å²) in [5.41, 5.74) is 1.30. The average molecular weight is 488 g/mol. The van der Waals surface area contributed by atoms with Gasteiger partial charge in [-0.3, -0.25) is 4.79 Å². The quantitative estimate of drug-likeness (QED) is 0.618. The summed E-state index contributed by atoms with van der Waals surface area (Å²) in [5.74, 6) is -0.540. The number of piperazine rings is 1. The number of anilines is 1. The lowest BCUT2D eigenvalue weighted by Crippen LogP contribution is -2.56. The van der Waals surface area contributed by atoms with Crippen LogP contribution in [0.5, 0.6) is 0 Å². The smallest absolute Gasteiger partial charge is 0.342 e. The van der Waals surface area contributed by atoms with Crippen molar-refractivity contribution >= 4 is 35.2 Å². The molecule has 0 spiro atoms. The highest BCUT2D eigenvalue weighted by molar-refractivity contribution is 6.30. The third kappa shape index (κ3) is 5.83. The largest absolute Gasteiger partial charge is 0.462 e. The number of carbonyl (C=O) groups excluding carboxylic acids is 3. The Labute approximate surface area is 204 Å². The molecule has 3 amide bonds. The number of rotatable bonds is 6. The van der Waals surface area contributed by atoms with Gasteiger partial charge in [-0.1, -0.05) is 31.0 Å². The van der Waals surface area contributed by atoms with Crippen molar-refractivity contribution in [3.05, 3.63) is 52.1 Å². The maximum absolute atomic E-state index is 13.5. The molecule has 0 aliphatic carbocycles. The van der Waals surface area contributed by atoms with Crippen molar-refractivity contribution in [3.8, 4) is 0 Å². The van der Waals surface area contributed by atoms with E-state index in [2.05, 4.69) is 15.3 Å². The van der Waals surface area contributed by atoms with Crippen molar-refractivity contribution in [1.82, 2.24) is 19.8 Å². The number of nitrogens with one attached hydrogen (secondary N) is 1. The van der Waals surface area contributed by atoms with Crippen molar-refractivity contribution in [3.63, 3.8) is 0 Å². The minimum Gasteiger partial charge on any atom is -0.462 e. The van der Waals surface area contributed by atoms with Crippen LogP contribution in [0.4, 0.5) is 10.5 Å². The Bertz CT molecular complexity index is 1080. The maximum Gasteiger partial charge on any atom is 0.342 e. The Hall–Kier alpha value is -3.20. The van der Waals surface area contributed by atoms with Gasteiger partial charge in [0.15, 0.2) is 0 Å². The minimum absolute atomic E-state index is 0.0541. The van der Waals surface area contributed by atoms with E-state index in [4.69, 9.17) is 16.3 Å². The predicted octanol–water partition coefficient (Wildman–Crippen LogP) is 3.95. The standard InChI is InChI=1S/C24H30ClN5O4/c1-5-8-19-20(23(32)34-6-2)21(27-16(4)26-19)22(31)29-11-12-30(15(3)14-29)24(33)28-18-10-7-9-17(25)13-18/h7,9-10,13,15H,5-6,8,11-12,14H2,1-4H3,(H,28,33). The number of aryl methyl sites for hydroxylation is 2. The van der Waals surface area contributed by atoms with Crippen LogP contribution in [0.15, 0.2) is 24.3 Å². The zero-order valence-electron chi connectivity index (χ0n) is 19.9. The fourth-order valence-electron chi connectivity index (χ4n) is 3.98. The first kappa shape index (κ1) is 25.4. The number of nitrogens with zero attached hydrogens (tertiary/aromatic N) is 4. The third-order valence-corrected chi connectivity index (χ3v) is 5.75. The van der Waals surface area contributed by atoms with Crippen LogP contribution in [-0.2, 0) is 11.2 Å². The van der Waals surface area contributed by atoms with Crippen molar-refractivity contribution in [2.45, 2.75) is 46.6 Å². The van der Waals surface area contributed by atoms with E-state index in [0.29, 0.717) is 48.3 Å². The van der Waals surface area contributed by atoms with Gasteiger partial charge in [0, 0.05) is 36.4 Å². The van der Waals surface area contributed by atoms with Gasteiger partial charge in [0.1, 0.15) is 17.1 Å². The number of ether oxygens (including phenoxy) is 1. The van der Waals surface area contributed by atoms with Gasteiger partial charge in [-0.05, 0) is 45.4 Å². The summed E-state index contributed by atoms with van der Waals surface area (Å²) in [6.07, 6.45) is 1.29. The maximum atomic E-state index is 13.5. The van der Waals surface area contributed by atoms with E-state index in [1.54, 1.807) is 47.9 Å². The number of hydrogen-bond acceptors (Lipinski definition) is 6. The third-order valence-electron chi connectivity index (χ3n) is 5.52. The first-order valence-electron chi connectivity index (χ1n) is 11.4. The Balaban J connectivity index is 1.79. The molecule has 34 heavy (non-hydrogen) atoms. The highest BCUT2D eigenvalue weighted by Crippen LogP contribution is 2.21. The molecule has 182 valence electrons. The van der Waals surface area contributed by atoms with Gasteiger partial charge in [0.25, 0.3) is 5.91 Å². The number of halogens is 1. The van der Waals surface area contributed by atoms with E-state index >= 15 is 0 Å². The highest BCUT2D eigenvalue weighted by atomic mass is 35.5. The molecule has 1 saturated heterocycles. The monoisotopic (exact) mass is 487 g/mol. The van der Waals surface area contributed by atoms with E-state index in [1.807, 2.05) is 13.8 Å². The number of carbonyl (C=O) groups is 3. The van der Waals surface area contributed by atoms with Crippen LogP contribution in [0.1, 0.15) is 59.6 Å². The van der Waals surface area contributed by atoms with Crippen molar-refractivity contribution < 1.29 is 19.1 Å². The first-order valence-corrected chi connectivity index (χ1v) is 11.8. The topological polar surface area (TPSA) is 105 Å². The number of benzene rings is 1. The van der Waals surface area contributed by atoms with Gasteiger partial charge in [-0.25, -0.2) is 19.6 Å². The molecule has 2 aromatic rings. The first-order chi connectivity index (χ1) is 16.2. The second kappa shape index (κ2) is 11.3. The lowest BCUT2D eigenvalue weighted by molar-refractivity contribution is 0.0502. The van der Waals surface area contributed by atoms with Gasteiger partial charge in [0.05, 0.1) is 12.3 Å². The summed E-state index contributed by atoms with van der Waals surface area (Å²) >= 11 is 6.00. The molecule has 10 heteroatoms. The molecule has 0 saturated carbocycles. The van der Waals surface area contributed by atoms with Crippen molar-refractivity contribution in [2.75, 3.05) is 31.6 Å². The summed E-state index contributed by atoms with van der Waals surface area (Å²) in [4.78, 5) is 51.0. The Kier molecular flexibility index (Phi) is 8.44. The Morgan fingerprint density at radius 2 is 1.97 bits per heavy atom.